The predicted octanol–water partition coefficient (Wildman–Crippen LogP) is 1.42. The van der Waals surface area contributed by atoms with E-state index in [1.165, 1.54) is 17.7 Å². The molecule has 9 heteroatoms. The first kappa shape index (κ1) is 20.8. The Morgan fingerprint density at radius 2 is 1.93 bits per heavy atom. The molecule has 0 fully saturated rings. The molecule has 0 aliphatic heterocycles. The van der Waals surface area contributed by atoms with E-state index in [9.17, 15) is 13.2 Å². The maximum absolute atomic E-state index is 12.1. The highest BCUT2D eigenvalue weighted by Crippen LogP contribution is 2.27. The van der Waals surface area contributed by atoms with Gasteiger partial charge >= 0.3 is 0 Å². The van der Waals surface area contributed by atoms with Crippen molar-refractivity contribution in [3.8, 4) is 11.5 Å². The van der Waals surface area contributed by atoms with Crippen LogP contribution in [0, 0.1) is 0 Å². The minimum atomic E-state index is -3.42. The minimum Gasteiger partial charge on any atom is -0.493 e. The number of sulfonamides is 1. The number of amides is 1. The smallest absolute Gasteiger partial charge is 0.224 e. The van der Waals surface area contributed by atoms with Crippen LogP contribution in [0.1, 0.15) is 11.3 Å². The normalized spacial score (nSPS) is 11.4. The molecule has 0 unspecified atom stereocenters. The maximum atomic E-state index is 12.1. The highest BCUT2D eigenvalue weighted by atomic mass is 32.2. The molecule has 1 N–H and O–H groups in total. The Bertz CT molecular complexity index is 849. The van der Waals surface area contributed by atoms with Gasteiger partial charge in [0.2, 0.25) is 15.9 Å². The molecular formula is C18H24N2O6S. The summed E-state index contributed by atoms with van der Waals surface area (Å²) >= 11 is 0. The molecule has 0 saturated heterocycles. The maximum Gasteiger partial charge on any atom is 0.224 e. The van der Waals surface area contributed by atoms with Crippen molar-refractivity contribution in [1.29, 1.82) is 0 Å². The molecular weight excluding hydrogens is 372 g/mol. The van der Waals surface area contributed by atoms with Crippen LogP contribution in [0.3, 0.4) is 0 Å². The Hall–Kier alpha value is -2.52. The molecule has 0 atom stereocenters. The second-order valence-corrected chi connectivity index (χ2v) is 7.87. The number of methoxy groups -OCH3 is 2. The molecule has 1 aromatic carbocycles. The van der Waals surface area contributed by atoms with E-state index in [0.29, 0.717) is 17.3 Å². The lowest BCUT2D eigenvalue weighted by molar-refractivity contribution is -0.120. The third kappa shape index (κ3) is 6.30. The van der Waals surface area contributed by atoms with Gasteiger partial charge in [-0.15, -0.1) is 0 Å². The van der Waals surface area contributed by atoms with Crippen LogP contribution in [-0.2, 0) is 27.8 Å². The van der Waals surface area contributed by atoms with Gasteiger partial charge in [-0.1, -0.05) is 6.07 Å². The second-order valence-electron chi connectivity index (χ2n) is 5.89. The summed E-state index contributed by atoms with van der Waals surface area (Å²) in [4.78, 5) is 12.1. The summed E-state index contributed by atoms with van der Waals surface area (Å²) < 4.78 is 40.6. The van der Waals surface area contributed by atoms with E-state index in [4.69, 9.17) is 13.9 Å². The number of furan rings is 1. The Morgan fingerprint density at radius 1 is 1.19 bits per heavy atom. The summed E-state index contributed by atoms with van der Waals surface area (Å²) in [6.07, 6.45) is 2.76. The van der Waals surface area contributed by atoms with E-state index in [2.05, 4.69) is 5.32 Å². The SMILES string of the molecule is COc1ccc(CC(=O)NCCN(Cc2ccco2)S(C)(=O)=O)cc1OC. The zero-order valence-electron chi connectivity index (χ0n) is 15.6. The molecule has 0 spiro atoms. The van der Waals surface area contributed by atoms with Crippen molar-refractivity contribution in [2.24, 2.45) is 0 Å². The van der Waals surface area contributed by atoms with E-state index in [-0.39, 0.29) is 32.0 Å². The highest BCUT2D eigenvalue weighted by molar-refractivity contribution is 7.88. The molecule has 8 nitrogen and oxygen atoms in total. The lowest BCUT2D eigenvalue weighted by atomic mass is 10.1. The zero-order valence-corrected chi connectivity index (χ0v) is 16.4. The summed E-state index contributed by atoms with van der Waals surface area (Å²) in [5, 5.41) is 2.73. The summed E-state index contributed by atoms with van der Waals surface area (Å²) in [6, 6.07) is 8.64. The lowest BCUT2D eigenvalue weighted by Crippen LogP contribution is -2.38. The van der Waals surface area contributed by atoms with Crippen molar-refractivity contribution in [2.75, 3.05) is 33.6 Å². The zero-order chi connectivity index (χ0) is 19.9. The number of rotatable bonds is 10. The van der Waals surface area contributed by atoms with Gasteiger partial charge in [-0.2, -0.15) is 4.31 Å². The topological polar surface area (TPSA) is 98.1 Å². The van der Waals surface area contributed by atoms with Crippen LogP contribution in [0.4, 0.5) is 0 Å². The van der Waals surface area contributed by atoms with Crippen LogP contribution >= 0.6 is 0 Å². The van der Waals surface area contributed by atoms with Crippen molar-refractivity contribution in [1.82, 2.24) is 9.62 Å². The number of ether oxygens (including phenoxy) is 2. The fraction of sp³-hybridized carbons (Fsp3) is 0.389. The molecule has 0 bridgehead atoms. The quantitative estimate of drug-likeness (QED) is 0.652. The average molecular weight is 396 g/mol. The van der Waals surface area contributed by atoms with Gasteiger partial charge in [0.1, 0.15) is 5.76 Å². The molecule has 1 amide bonds. The van der Waals surface area contributed by atoms with Crippen molar-refractivity contribution in [3.63, 3.8) is 0 Å². The van der Waals surface area contributed by atoms with E-state index in [0.717, 1.165) is 11.8 Å². The number of carbonyl (C=O) groups excluding carboxylic acids is 1. The van der Waals surface area contributed by atoms with Gasteiger partial charge in [-0.25, -0.2) is 8.42 Å². The van der Waals surface area contributed by atoms with E-state index in [1.807, 2.05) is 0 Å². The number of benzene rings is 1. The fourth-order valence-corrected chi connectivity index (χ4v) is 3.28. The summed E-state index contributed by atoms with van der Waals surface area (Å²) in [5.41, 5.74) is 0.765. The number of hydrogen-bond acceptors (Lipinski definition) is 6. The monoisotopic (exact) mass is 396 g/mol. The Labute approximate surface area is 159 Å². The highest BCUT2D eigenvalue weighted by Gasteiger charge is 2.18. The fourth-order valence-electron chi connectivity index (χ4n) is 2.50. The van der Waals surface area contributed by atoms with Gasteiger partial charge in [0.25, 0.3) is 0 Å². The molecule has 1 heterocycles. The average Bonchev–Trinajstić information content (AvgIpc) is 3.13. The third-order valence-corrected chi connectivity index (χ3v) is 5.13. The molecule has 2 aromatic rings. The van der Waals surface area contributed by atoms with Gasteiger partial charge < -0.3 is 19.2 Å². The van der Waals surface area contributed by atoms with Crippen LogP contribution in [0.5, 0.6) is 11.5 Å². The van der Waals surface area contributed by atoms with Gasteiger partial charge in [-0.05, 0) is 29.8 Å². The largest absolute Gasteiger partial charge is 0.493 e. The van der Waals surface area contributed by atoms with Gasteiger partial charge in [0.05, 0.1) is 39.7 Å². The van der Waals surface area contributed by atoms with Crippen molar-refractivity contribution in [3.05, 3.63) is 47.9 Å². The molecule has 148 valence electrons. The first-order chi connectivity index (χ1) is 12.8. The van der Waals surface area contributed by atoms with Crippen LogP contribution in [-0.4, -0.2) is 52.2 Å². The van der Waals surface area contributed by atoms with Gasteiger partial charge in [0.15, 0.2) is 11.5 Å². The number of nitrogens with zero attached hydrogens (tertiary/aromatic N) is 1. The summed E-state index contributed by atoms with van der Waals surface area (Å²) in [6.45, 7) is 0.467. The van der Waals surface area contributed by atoms with Crippen molar-refractivity contribution < 1.29 is 27.1 Å². The van der Waals surface area contributed by atoms with Crippen molar-refractivity contribution in [2.45, 2.75) is 13.0 Å². The van der Waals surface area contributed by atoms with E-state index < -0.39 is 10.0 Å². The molecule has 27 heavy (non-hydrogen) atoms. The Kier molecular flexibility index (Phi) is 7.26. The third-order valence-electron chi connectivity index (χ3n) is 3.88. The summed E-state index contributed by atoms with van der Waals surface area (Å²) in [7, 11) is -0.352. The Balaban J connectivity index is 1.88. The van der Waals surface area contributed by atoms with Crippen LogP contribution in [0.25, 0.3) is 0 Å². The number of carbonyl (C=O) groups is 1. The molecule has 0 aliphatic rings. The Morgan fingerprint density at radius 3 is 2.52 bits per heavy atom. The first-order valence-electron chi connectivity index (χ1n) is 8.28. The van der Waals surface area contributed by atoms with Gasteiger partial charge in [0, 0.05) is 13.1 Å². The van der Waals surface area contributed by atoms with Crippen molar-refractivity contribution >= 4 is 15.9 Å². The van der Waals surface area contributed by atoms with Crippen LogP contribution in [0.15, 0.2) is 41.0 Å². The standard InChI is InChI=1S/C18H24N2O6S/c1-24-16-7-6-14(11-17(16)25-2)12-18(21)19-8-9-20(27(3,22)23)13-15-5-4-10-26-15/h4-7,10-11H,8-9,12-13H2,1-3H3,(H,19,21). The van der Waals surface area contributed by atoms with Gasteiger partial charge in [-0.3, -0.25) is 4.79 Å². The van der Waals surface area contributed by atoms with E-state index in [1.54, 1.807) is 37.4 Å². The lowest BCUT2D eigenvalue weighted by Gasteiger charge is -2.19. The molecule has 0 aliphatic carbocycles. The molecule has 2 rings (SSSR count). The van der Waals surface area contributed by atoms with E-state index >= 15 is 0 Å². The van der Waals surface area contributed by atoms with Crippen LogP contribution in [0.2, 0.25) is 0 Å². The number of nitrogens with one attached hydrogen (secondary N) is 1. The minimum absolute atomic E-state index is 0.122. The van der Waals surface area contributed by atoms with Crippen LogP contribution < -0.4 is 14.8 Å². The molecule has 0 radical (unpaired) electrons. The molecule has 0 saturated carbocycles. The number of hydrogen-bond donors (Lipinski definition) is 1. The predicted molar refractivity (Wildman–Crippen MR) is 100 cm³/mol. The molecule has 1 aromatic heterocycles. The first-order valence-corrected chi connectivity index (χ1v) is 10.1. The second kappa shape index (κ2) is 9.43. The summed E-state index contributed by atoms with van der Waals surface area (Å²) in [5.74, 6) is 1.46.